The maximum absolute atomic E-state index is 12.2. The summed E-state index contributed by atoms with van der Waals surface area (Å²) in [7, 11) is 0. The highest BCUT2D eigenvalue weighted by Crippen LogP contribution is 2.32. The van der Waals surface area contributed by atoms with Crippen LogP contribution in [0.5, 0.6) is 0 Å². The van der Waals surface area contributed by atoms with Crippen molar-refractivity contribution < 1.29 is 4.79 Å². The molecule has 0 aliphatic rings. The third kappa shape index (κ3) is 5.49. The maximum Gasteiger partial charge on any atom is 0.238 e. The highest BCUT2D eigenvalue weighted by Gasteiger charge is 2.19. The van der Waals surface area contributed by atoms with Crippen molar-refractivity contribution in [3.05, 3.63) is 17.0 Å². The van der Waals surface area contributed by atoms with Crippen LogP contribution in [0.15, 0.2) is 20.1 Å². The lowest BCUT2D eigenvalue weighted by atomic mass is 10.3. The summed E-state index contributed by atoms with van der Waals surface area (Å²) in [6.07, 6.45) is 0. The molecular formula is C14H16N4OS4. The normalized spacial score (nSPS) is 12.1. The molecule has 2 aromatic rings. The van der Waals surface area contributed by atoms with E-state index in [0.717, 1.165) is 14.4 Å². The second-order valence-corrected chi connectivity index (χ2v) is 9.81. The van der Waals surface area contributed by atoms with Gasteiger partial charge in [-0.2, -0.15) is 5.26 Å². The van der Waals surface area contributed by atoms with Gasteiger partial charge in [-0.05, 0) is 24.3 Å². The maximum atomic E-state index is 12.2. The van der Waals surface area contributed by atoms with Gasteiger partial charge in [0.15, 0.2) is 8.68 Å². The summed E-state index contributed by atoms with van der Waals surface area (Å²) in [5, 5.41) is 22.1. The molecule has 122 valence electrons. The zero-order chi connectivity index (χ0) is 16.8. The predicted molar refractivity (Wildman–Crippen MR) is 98.5 cm³/mol. The van der Waals surface area contributed by atoms with E-state index in [2.05, 4.69) is 35.4 Å². The van der Waals surface area contributed by atoms with E-state index in [9.17, 15) is 4.79 Å². The lowest BCUT2D eigenvalue weighted by Gasteiger charge is -2.08. The van der Waals surface area contributed by atoms with E-state index in [1.165, 1.54) is 34.4 Å². The smallest absolute Gasteiger partial charge is 0.238 e. The molecule has 2 rings (SSSR count). The SMILES string of the molecule is CC(C)CSc1nnc(S[C@@H](C)C(=O)Nc2sccc2C#N)s1. The van der Waals surface area contributed by atoms with Gasteiger partial charge in [0.1, 0.15) is 11.1 Å². The van der Waals surface area contributed by atoms with Crippen LogP contribution in [-0.4, -0.2) is 27.1 Å². The van der Waals surface area contributed by atoms with Gasteiger partial charge >= 0.3 is 0 Å². The van der Waals surface area contributed by atoms with Gasteiger partial charge < -0.3 is 5.32 Å². The minimum Gasteiger partial charge on any atom is -0.316 e. The minimum atomic E-state index is -0.306. The lowest BCUT2D eigenvalue weighted by Crippen LogP contribution is -2.22. The fourth-order valence-electron chi connectivity index (χ4n) is 1.45. The molecule has 0 saturated carbocycles. The van der Waals surface area contributed by atoms with Crippen LogP contribution in [0.4, 0.5) is 5.00 Å². The Bertz CT molecular complexity index is 704. The quantitative estimate of drug-likeness (QED) is 0.716. The molecule has 0 aliphatic carbocycles. The van der Waals surface area contributed by atoms with Crippen molar-refractivity contribution in [3.63, 3.8) is 0 Å². The average molecular weight is 385 g/mol. The Labute approximate surface area is 151 Å². The number of hydrogen-bond acceptors (Lipinski definition) is 8. The second kappa shape index (κ2) is 8.68. The zero-order valence-electron chi connectivity index (χ0n) is 12.9. The number of hydrogen-bond donors (Lipinski definition) is 1. The van der Waals surface area contributed by atoms with Gasteiger partial charge in [-0.1, -0.05) is 48.7 Å². The fourth-order valence-corrected chi connectivity index (χ4v) is 5.33. The number of amides is 1. The van der Waals surface area contributed by atoms with Crippen molar-refractivity contribution in [3.8, 4) is 6.07 Å². The molecule has 1 amide bonds. The summed E-state index contributed by atoms with van der Waals surface area (Å²) in [6, 6.07) is 3.76. The Kier molecular flexibility index (Phi) is 6.89. The van der Waals surface area contributed by atoms with Crippen molar-refractivity contribution in [2.75, 3.05) is 11.1 Å². The second-order valence-electron chi connectivity index (χ2n) is 5.06. The highest BCUT2D eigenvalue weighted by atomic mass is 32.2. The first-order chi connectivity index (χ1) is 11.0. The van der Waals surface area contributed by atoms with Crippen molar-refractivity contribution >= 4 is 57.1 Å². The van der Waals surface area contributed by atoms with E-state index in [1.807, 2.05) is 6.92 Å². The van der Waals surface area contributed by atoms with E-state index in [1.54, 1.807) is 23.2 Å². The van der Waals surface area contributed by atoms with Crippen LogP contribution >= 0.6 is 46.2 Å². The summed E-state index contributed by atoms with van der Waals surface area (Å²) < 4.78 is 1.71. The number of nitrogens with one attached hydrogen (secondary N) is 1. The van der Waals surface area contributed by atoms with Gasteiger partial charge in [0.05, 0.1) is 10.8 Å². The molecule has 2 aromatic heterocycles. The summed E-state index contributed by atoms with van der Waals surface area (Å²) in [5.74, 6) is 1.47. The summed E-state index contributed by atoms with van der Waals surface area (Å²) in [5.41, 5.74) is 0.490. The van der Waals surface area contributed by atoms with Crippen LogP contribution in [0.1, 0.15) is 26.3 Å². The van der Waals surface area contributed by atoms with Crippen LogP contribution in [0.3, 0.4) is 0 Å². The monoisotopic (exact) mass is 384 g/mol. The first-order valence-electron chi connectivity index (χ1n) is 6.91. The van der Waals surface area contributed by atoms with Crippen molar-refractivity contribution in [1.29, 1.82) is 5.26 Å². The number of anilines is 1. The number of nitrogens with zero attached hydrogens (tertiary/aromatic N) is 3. The Morgan fingerprint density at radius 2 is 2.13 bits per heavy atom. The number of carbonyl (C=O) groups excluding carboxylic acids is 1. The van der Waals surface area contributed by atoms with Gasteiger partial charge in [0, 0.05) is 5.75 Å². The first kappa shape index (κ1) is 18.3. The van der Waals surface area contributed by atoms with Crippen LogP contribution in [0.2, 0.25) is 0 Å². The summed E-state index contributed by atoms with van der Waals surface area (Å²) >= 11 is 5.93. The lowest BCUT2D eigenvalue weighted by molar-refractivity contribution is -0.115. The summed E-state index contributed by atoms with van der Waals surface area (Å²) in [4.78, 5) is 12.2. The molecule has 0 aromatic carbocycles. The fraction of sp³-hybridized carbons (Fsp3) is 0.429. The number of aromatic nitrogens is 2. The largest absolute Gasteiger partial charge is 0.316 e. The van der Waals surface area contributed by atoms with E-state index in [4.69, 9.17) is 5.26 Å². The number of nitriles is 1. The molecular weight excluding hydrogens is 368 g/mol. The van der Waals surface area contributed by atoms with Crippen LogP contribution in [0.25, 0.3) is 0 Å². The molecule has 0 unspecified atom stereocenters. The highest BCUT2D eigenvalue weighted by molar-refractivity contribution is 8.03. The molecule has 9 heteroatoms. The molecule has 0 fully saturated rings. The predicted octanol–water partition coefficient (Wildman–Crippen LogP) is 4.34. The average Bonchev–Trinajstić information content (AvgIpc) is 3.14. The Hall–Kier alpha value is -1.08. The van der Waals surface area contributed by atoms with E-state index < -0.39 is 0 Å². The molecule has 0 bridgehead atoms. The molecule has 0 radical (unpaired) electrons. The molecule has 1 N–H and O–H groups in total. The topological polar surface area (TPSA) is 78.7 Å². The zero-order valence-corrected chi connectivity index (χ0v) is 16.2. The molecule has 0 spiro atoms. The minimum absolute atomic E-state index is 0.138. The van der Waals surface area contributed by atoms with Crippen molar-refractivity contribution in [2.24, 2.45) is 5.92 Å². The van der Waals surface area contributed by atoms with Crippen molar-refractivity contribution in [1.82, 2.24) is 10.2 Å². The molecule has 2 heterocycles. The van der Waals surface area contributed by atoms with Gasteiger partial charge in [-0.15, -0.1) is 21.5 Å². The Balaban J connectivity index is 1.90. The first-order valence-corrected chi connectivity index (χ1v) is 10.5. The molecule has 23 heavy (non-hydrogen) atoms. The van der Waals surface area contributed by atoms with E-state index in [-0.39, 0.29) is 11.2 Å². The Morgan fingerprint density at radius 1 is 1.39 bits per heavy atom. The standard InChI is InChI=1S/C14H16N4OS4/c1-8(2)7-21-13-17-18-14(23-13)22-9(3)11(19)16-12-10(6-15)4-5-20-12/h4-5,8-9H,7H2,1-3H3,(H,16,19)/t9-/m0/s1. The molecule has 0 aliphatic heterocycles. The van der Waals surface area contributed by atoms with Crippen molar-refractivity contribution in [2.45, 2.75) is 34.7 Å². The third-order valence-electron chi connectivity index (χ3n) is 2.60. The Morgan fingerprint density at radius 3 is 2.83 bits per heavy atom. The van der Waals surface area contributed by atoms with Gasteiger partial charge in [0.2, 0.25) is 5.91 Å². The van der Waals surface area contributed by atoms with Gasteiger partial charge in [0.25, 0.3) is 0 Å². The van der Waals surface area contributed by atoms with Crippen LogP contribution in [-0.2, 0) is 4.79 Å². The number of thioether (sulfide) groups is 2. The number of thiophene rings is 1. The third-order valence-corrected chi connectivity index (χ3v) is 7.09. The van der Waals surface area contributed by atoms with Gasteiger partial charge in [-0.25, -0.2) is 0 Å². The number of carbonyl (C=O) groups is 1. The summed E-state index contributed by atoms with van der Waals surface area (Å²) in [6.45, 7) is 6.15. The molecule has 5 nitrogen and oxygen atoms in total. The van der Waals surface area contributed by atoms with E-state index >= 15 is 0 Å². The van der Waals surface area contributed by atoms with Gasteiger partial charge in [-0.3, -0.25) is 4.79 Å². The number of rotatable bonds is 7. The molecule has 1 atom stereocenters. The van der Waals surface area contributed by atoms with Crippen LogP contribution < -0.4 is 5.32 Å². The van der Waals surface area contributed by atoms with Crippen LogP contribution in [0, 0.1) is 17.2 Å². The van der Waals surface area contributed by atoms with E-state index in [0.29, 0.717) is 16.5 Å². The molecule has 0 saturated heterocycles.